The SMILES string of the molecule is Cc1sc(SC(C)(C)C)nc1C(=O)O. The monoisotopic (exact) mass is 231 g/mol. The van der Waals surface area contributed by atoms with E-state index in [1.54, 1.807) is 18.7 Å². The number of carboxylic acids is 1. The van der Waals surface area contributed by atoms with Crippen LogP contribution in [0.5, 0.6) is 0 Å². The van der Waals surface area contributed by atoms with E-state index in [0.717, 1.165) is 9.22 Å². The summed E-state index contributed by atoms with van der Waals surface area (Å²) < 4.78 is 0.896. The maximum Gasteiger partial charge on any atom is 0.355 e. The lowest BCUT2D eigenvalue weighted by Crippen LogP contribution is -2.06. The Morgan fingerprint density at radius 3 is 2.43 bits per heavy atom. The van der Waals surface area contributed by atoms with Gasteiger partial charge >= 0.3 is 5.97 Å². The van der Waals surface area contributed by atoms with Crippen molar-refractivity contribution < 1.29 is 9.90 Å². The molecule has 1 aromatic rings. The topological polar surface area (TPSA) is 50.2 Å². The van der Waals surface area contributed by atoms with Crippen LogP contribution in [0.15, 0.2) is 4.34 Å². The van der Waals surface area contributed by atoms with E-state index >= 15 is 0 Å². The Balaban J connectivity index is 2.92. The second-order valence-corrected chi connectivity index (χ2v) is 7.18. The Labute approximate surface area is 91.6 Å². The molecule has 1 rings (SSSR count). The fraction of sp³-hybridized carbons (Fsp3) is 0.556. The molecule has 0 bridgehead atoms. The van der Waals surface area contributed by atoms with E-state index in [9.17, 15) is 4.79 Å². The van der Waals surface area contributed by atoms with Crippen LogP contribution in [0.4, 0.5) is 0 Å². The van der Waals surface area contributed by atoms with Gasteiger partial charge in [-0.3, -0.25) is 0 Å². The van der Waals surface area contributed by atoms with Crippen LogP contribution < -0.4 is 0 Å². The summed E-state index contributed by atoms with van der Waals surface area (Å²) in [5, 5.41) is 8.81. The van der Waals surface area contributed by atoms with Crippen LogP contribution in [0.2, 0.25) is 0 Å². The third-order valence-electron chi connectivity index (χ3n) is 1.37. The molecular formula is C9H13NO2S2. The molecule has 0 fully saturated rings. The van der Waals surface area contributed by atoms with Crippen LogP contribution in [-0.4, -0.2) is 20.8 Å². The molecular weight excluding hydrogens is 218 g/mol. The van der Waals surface area contributed by atoms with E-state index < -0.39 is 5.97 Å². The van der Waals surface area contributed by atoms with Crippen molar-refractivity contribution in [3.63, 3.8) is 0 Å². The maximum absolute atomic E-state index is 10.7. The number of carboxylic acid groups (broad SMARTS) is 1. The van der Waals surface area contributed by atoms with E-state index in [4.69, 9.17) is 5.11 Å². The quantitative estimate of drug-likeness (QED) is 0.795. The molecule has 0 aromatic carbocycles. The van der Waals surface area contributed by atoms with Crippen molar-refractivity contribution in [2.45, 2.75) is 36.8 Å². The summed E-state index contributed by atoms with van der Waals surface area (Å²) in [6.45, 7) is 8.02. The van der Waals surface area contributed by atoms with Gasteiger partial charge in [-0.25, -0.2) is 9.78 Å². The van der Waals surface area contributed by atoms with Gasteiger partial charge in [0, 0.05) is 9.62 Å². The van der Waals surface area contributed by atoms with Crippen LogP contribution in [0.1, 0.15) is 36.1 Å². The number of hydrogen-bond donors (Lipinski definition) is 1. The minimum Gasteiger partial charge on any atom is -0.476 e. The molecule has 1 heterocycles. The molecule has 0 aliphatic heterocycles. The van der Waals surface area contributed by atoms with Crippen LogP contribution in [-0.2, 0) is 0 Å². The van der Waals surface area contributed by atoms with Gasteiger partial charge in [-0.05, 0) is 6.92 Å². The minimum atomic E-state index is -0.945. The minimum absolute atomic E-state index is 0.0695. The predicted octanol–water partition coefficient (Wildman–Crippen LogP) is 3.04. The molecule has 0 aliphatic rings. The summed E-state index contributed by atoms with van der Waals surface area (Å²) in [7, 11) is 0. The van der Waals surface area contributed by atoms with Gasteiger partial charge in [0.2, 0.25) is 0 Å². The van der Waals surface area contributed by atoms with Gasteiger partial charge in [0.1, 0.15) is 0 Å². The normalized spacial score (nSPS) is 11.7. The first-order chi connectivity index (χ1) is 6.29. The fourth-order valence-corrected chi connectivity index (χ4v) is 3.46. The maximum atomic E-state index is 10.7. The summed E-state index contributed by atoms with van der Waals surface area (Å²) >= 11 is 3.04. The van der Waals surface area contributed by atoms with Gasteiger partial charge in [0.15, 0.2) is 10.0 Å². The lowest BCUT2D eigenvalue weighted by atomic mass is 10.3. The smallest absolute Gasteiger partial charge is 0.355 e. The highest BCUT2D eigenvalue weighted by atomic mass is 32.2. The van der Waals surface area contributed by atoms with E-state index in [-0.39, 0.29) is 10.4 Å². The zero-order valence-corrected chi connectivity index (χ0v) is 10.3. The fourth-order valence-electron chi connectivity index (χ4n) is 0.876. The van der Waals surface area contributed by atoms with Crippen molar-refractivity contribution in [1.82, 2.24) is 4.98 Å². The summed E-state index contributed by atoms with van der Waals surface area (Å²) in [5.41, 5.74) is 0.182. The molecule has 0 amide bonds. The second-order valence-electron chi connectivity index (χ2n) is 3.90. The first kappa shape index (κ1) is 11.5. The number of thiazole rings is 1. The molecule has 0 saturated heterocycles. The Kier molecular flexibility index (Phi) is 3.21. The molecule has 0 radical (unpaired) electrons. The van der Waals surface area contributed by atoms with Crippen molar-refractivity contribution in [3.05, 3.63) is 10.6 Å². The van der Waals surface area contributed by atoms with Crippen LogP contribution in [0.3, 0.4) is 0 Å². The van der Waals surface area contributed by atoms with E-state index in [2.05, 4.69) is 25.8 Å². The average Bonchev–Trinajstić information content (AvgIpc) is 2.26. The van der Waals surface area contributed by atoms with Crippen LogP contribution in [0, 0.1) is 6.92 Å². The van der Waals surface area contributed by atoms with Gasteiger partial charge in [0.25, 0.3) is 0 Å². The van der Waals surface area contributed by atoms with Crippen LogP contribution in [0.25, 0.3) is 0 Å². The van der Waals surface area contributed by atoms with Gasteiger partial charge in [-0.2, -0.15) is 0 Å². The highest BCUT2D eigenvalue weighted by molar-refractivity contribution is 8.02. The second kappa shape index (κ2) is 3.90. The van der Waals surface area contributed by atoms with Crippen molar-refractivity contribution >= 4 is 29.1 Å². The highest BCUT2D eigenvalue weighted by Gasteiger charge is 2.19. The van der Waals surface area contributed by atoms with Crippen molar-refractivity contribution in [3.8, 4) is 0 Å². The van der Waals surface area contributed by atoms with Crippen LogP contribution >= 0.6 is 23.1 Å². The molecule has 3 nitrogen and oxygen atoms in total. The number of nitrogens with zero attached hydrogens (tertiary/aromatic N) is 1. The van der Waals surface area contributed by atoms with E-state index in [1.165, 1.54) is 11.3 Å². The lowest BCUT2D eigenvalue weighted by Gasteiger charge is -2.14. The summed E-state index contributed by atoms with van der Waals surface area (Å²) in [4.78, 5) is 15.6. The Bertz CT molecular complexity index is 352. The van der Waals surface area contributed by atoms with Gasteiger partial charge in [-0.1, -0.05) is 32.5 Å². The number of carbonyl (C=O) groups is 1. The third kappa shape index (κ3) is 2.99. The molecule has 0 spiro atoms. The lowest BCUT2D eigenvalue weighted by molar-refractivity contribution is 0.0690. The summed E-state index contributed by atoms with van der Waals surface area (Å²) in [5.74, 6) is -0.945. The number of thioether (sulfide) groups is 1. The van der Waals surface area contributed by atoms with Gasteiger partial charge in [0.05, 0.1) is 0 Å². The highest BCUT2D eigenvalue weighted by Crippen LogP contribution is 2.35. The first-order valence-electron chi connectivity index (χ1n) is 4.19. The standard InChI is InChI=1S/C9H13NO2S2/c1-5-6(7(11)12)10-8(13-5)14-9(2,3)4/h1-4H3,(H,11,12). The summed E-state index contributed by atoms with van der Waals surface area (Å²) in [6, 6.07) is 0. The van der Waals surface area contributed by atoms with Crippen molar-refractivity contribution in [2.75, 3.05) is 0 Å². The predicted molar refractivity (Wildman–Crippen MR) is 59.4 cm³/mol. The van der Waals surface area contributed by atoms with Crippen molar-refractivity contribution in [2.24, 2.45) is 0 Å². The summed E-state index contributed by atoms with van der Waals surface area (Å²) in [6.07, 6.45) is 0. The van der Waals surface area contributed by atoms with Gasteiger partial charge in [-0.15, -0.1) is 11.3 Å². The number of aromatic carboxylic acids is 1. The number of aromatic nitrogens is 1. The Morgan fingerprint density at radius 1 is 1.50 bits per heavy atom. The molecule has 0 unspecified atom stereocenters. The molecule has 5 heteroatoms. The first-order valence-corrected chi connectivity index (χ1v) is 5.82. The number of aryl methyl sites for hydroxylation is 1. The van der Waals surface area contributed by atoms with Crippen molar-refractivity contribution in [1.29, 1.82) is 0 Å². The molecule has 0 atom stereocenters. The molecule has 1 N–H and O–H groups in total. The zero-order valence-electron chi connectivity index (χ0n) is 8.62. The van der Waals surface area contributed by atoms with E-state index in [0.29, 0.717) is 0 Å². The molecule has 0 aliphatic carbocycles. The molecule has 0 saturated carbocycles. The van der Waals surface area contributed by atoms with Gasteiger partial charge < -0.3 is 5.11 Å². The van der Waals surface area contributed by atoms with E-state index in [1.807, 2.05) is 0 Å². The zero-order chi connectivity index (χ0) is 10.9. The number of hydrogen-bond acceptors (Lipinski definition) is 4. The Morgan fingerprint density at radius 2 is 2.07 bits per heavy atom. The Hall–Kier alpha value is -0.550. The average molecular weight is 231 g/mol. The molecule has 1 aromatic heterocycles. The largest absolute Gasteiger partial charge is 0.476 e. The number of rotatable bonds is 2. The third-order valence-corrected chi connectivity index (χ3v) is 3.52. The molecule has 78 valence electrons. The molecule has 14 heavy (non-hydrogen) atoms.